The molecule has 0 spiro atoms. The number of hydrogen-bond donors (Lipinski definition) is 1. The molecule has 1 unspecified atom stereocenters. The number of benzene rings is 2. The topological polar surface area (TPSA) is 103 Å². The predicted octanol–water partition coefficient (Wildman–Crippen LogP) is 3.14. The van der Waals surface area contributed by atoms with E-state index < -0.39 is 15.9 Å². The van der Waals surface area contributed by atoms with Crippen LogP contribution in [-0.2, 0) is 27.8 Å². The Bertz CT molecular complexity index is 1240. The number of methoxy groups -OCH3 is 1. The van der Waals surface area contributed by atoms with E-state index in [9.17, 15) is 13.2 Å². The van der Waals surface area contributed by atoms with Crippen LogP contribution in [0.2, 0.25) is 0 Å². The Morgan fingerprint density at radius 3 is 2.76 bits per heavy atom. The van der Waals surface area contributed by atoms with E-state index in [0.717, 1.165) is 25.0 Å². The third kappa shape index (κ3) is 5.46. The molecule has 1 amide bonds. The maximum absolute atomic E-state index is 13.3. The summed E-state index contributed by atoms with van der Waals surface area (Å²) in [6, 6.07) is 13.6. The Morgan fingerprint density at radius 1 is 1.26 bits per heavy atom. The van der Waals surface area contributed by atoms with Gasteiger partial charge < -0.3 is 14.8 Å². The monoisotopic (exact) mass is 484 g/mol. The van der Waals surface area contributed by atoms with Gasteiger partial charge in [-0.1, -0.05) is 30.3 Å². The number of rotatable bonds is 9. The highest BCUT2D eigenvalue weighted by molar-refractivity contribution is 7.89. The fourth-order valence-electron chi connectivity index (χ4n) is 3.84. The highest BCUT2D eigenvalue weighted by Gasteiger charge is 2.26. The van der Waals surface area contributed by atoms with Gasteiger partial charge >= 0.3 is 0 Å². The average Bonchev–Trinajstić information content (AvgIpc) is 3.51. The highest BCUT2D eigenvalue weighted by atomic mass is 32.2. The summed E-state index contributed by atoms with van der Waals surface area (Å²) in [6.07, 6.45) is 5.45. The van der Waals surface area contributed by atoms with Crippen LogP contribution in [0.1, 0.15) is 28.8 Å². The van der Waals surface area contributed by atoms with Gasteiger partial charge in [0.2, 0.25) is 10.0 Å². The summed E-state index contributed by atoms with van der Waals surface area (Å²) in [6.45, 7) is 1.57. The maximum atomic E-state index is 13.3. The lowest BCUT2D eigenvalue weighted by molar-refractivity contribution is 0.0940. The molecule has 2 aromatic carbocycles. The molecular formula is C24H28N4O5S. The van der Waals surface area contributed by atoms with Gasteiger partial charge in [0.1, 0.15) is 10.6 Å². The molecule has 1 fully saturated rings. The lowest BCUT2D eigenvalue weighted by Crippen LogP contribution is -2.27. The summed E-state index contributed by atoms with van der Waals surface area (Å²) in [4.78, 5) is 12.8. The Kier molecular flexibility index (Phi) is 7.30. The van der Waals surface area contributed by atoms with Gasteiger partial charge in [0.05, 0.1) is 31.6 Å². The normalized spacial score (nSPS) is 16.0. The minimum atomic E-state index is -3.92. The van der Waals surface area contributed by atoms with Crippen LogP contribution in [0.15, 0.2) is 65.8 Å². The molecule has 1 saturated heterocycles. The summed E-state index contributed by atoms with van der Waals surface area (Å²) in [5.74, 6) is -0.276. The van der Waals surface area contributed by atoms with Gasteiger partial charge in [-0.3, -0.25) is 9.48 Å². The van der Waals surface area contributed by atoms with E-state index >= 15 is 0 Å². The number of nitrogens with one attached hydrogen (secondary N) is 1. The Labute approximate surface area is 199 Å². The van der Waals surface area contributed by atoms with Crippen LogP contribution in [-0.4, -0.2) is 55.3 Å². The molecule has 1 atom stereocenters. The molecule has 1 aromatic heterocycles. The van der Waals surface area contributed by atoms with Gasteiger partial charge in [-0.25, -0.2) is 8.42 Å². The summed E-state index contributed by atoms with van der Waals surface area (Å²) < 4.78 is 40.5. The smallest absolute Gasteiger partial charge is 0.255 e. The molecule has 9 nitrogen and oxygen atoms in total. The van der Waals surface area contributed by atoms with Gasteiger partial charge in [0, 0.05) is 32.0 Å². The second-order valence-electron chi connectivity index (χ2n) is 8.15. The molecular weight excluding hydrogens is 456 g/mol. The summed E-state index contributed by atoms with van der Waals surface area (Å²) >= 11 is 0. The molecule has 1 aliphatic rings. The fraction of sp³-hybridized carbons (Fsp3) is 0.333. The van der Waals surface area contributed by atoms with E-state index in [2.05, 4.69) is 10.4 Å². The predicted molar refractivity (Wildman–Crippen MR) is 127 cm³/mol. The number of carbonyl (C=O) groups is 1. The van der Waals surface area contributed by atoms with Crippen molar-refractivity contribution in [1.82, 2.24) is 14.1 Å². The van der Waals surface area contributed by atoms with Gasteiger partial charge in [0.25, 0.3) is 5.91 Å². The number of sulfonamides is 1. The molecule has 3 aromatic rings. The molecule has 0 radical (unpaired) electrons. The van der Waals surface area contributed by atoms with E-state index in [1.165, 1.54) is 36.7 Å². The molecule has 10 heteroatoms. The first-order valence-electron chi connectivity index (χ1n) is 11.0. The Morgan fingerprint density at radius 2 is 2.06 bits per heavy atom. The van der Waals surface area contributed by atoms with Crippen molar-refractivity contribution in [2.75, 3.05) is 26.1 Å². The number of aromatic nitrogens is 2. The number of hydrogen-bond acceptors (Lipinski definition) is 6. The largest absolute Gasteiger partial charge is 0.495 e. The Hall–Kier alpha value is -3.21. The quantitative estimate of drug-likeness (QED) is 0.501. The van der Waals surface area contributed by atoms with Gasteiger partial charge in [-0.15, -0.1) is 0 Å². The zero-order valence-corrected chi connectivity index (χ0v) is 20.0. The van der Waals surface area contributed by atoms with Gasteiger partial charge in [-0.05, 0) is 36.6 Å². The molecule has 0 aliphatic carbocycles. The molecule has 1 N–H and O–H groups in total. The molecule has 4 rings (SSSR count). The van der Waals surface area contributed by atoms with E-state index in [0.29, 0.717) is 12.2 Å². The lowest BCUT2D eigenvalue weighted by atomic mass is 10.2. The number of anilines is 1. The van der Waals surface area contributed by atoms with Crippen molar-refractivity contribution in [2.24, 2.45) is 0 Å². The summed E-state index contributed by atoms with van der Waals surface area (Å²) in [5.41, 5.74) is 1.56. The van der Waals surface area contributed by atoms with Gasteiger partial charge in [0.15, 0.2) is 0 Å². The first-order valence-corrected chi connectivity index (χ1v) is 12.4. The summed E-state index contributed by atoms with van der Waals surface area (Å²) in [7, 11) is -1.03. The van der Waals surface area contributed by atoms with E-state index in [-0.39, 0.29) is 28.9 Å². The first kappa shape index (κ1) is 23.9. The van der Waals surface area contributed by atoms with E-state index in [4.69, 9.17) is 9.47 Å². The second-order valence-corrected chi connectivity index (χ2v) is 10.2. The molecule has 0 bridgehead atoms. The molecule has 34 heavy (non-hydrogen) atoms. The maximum Gasteiger partial charge on any atom is 0.255 e. The average molecular weight is 485 g/mol. The van der Waals surface area contributed by atoms with E-state index in [1.807, 2.05) is 30.3 Å². The van der Waals surface area contributed by atoms with Crippen molar-refractivity contribution in [3.63, 3.8) is 0 Å². The third-order valence-corrected chi connectivity index (χ3v) is 7.49. The molecule has 1 aliphatic heterocycles. The minimum absolute atomic E-state index is 0.0739. The molecule has 2 heterocycles. The zero-order chi connectivity index (χ0) is 24.1. The second kappa shape index (κ2) is 10.4. The minimum Gasteiger partial charge on any atom is -0.495 e. The van der Waals surface area contributed by atoms with Crippen LogP contribution in [0, 0.1) is 0 Å². The van der Waals surface area contributed by atoms with Crippen LogP contribution < -0.4 is 10.1 Å². The van der Waals surface area contributed by atoms with Crippen molar-refractivity contribution in [3.05, 3.63) is 72.1 Å². The number of ether oxygens (including phenoxy) is 2. The highest BCUT2D eigenvalue weighted by Crippen LogP contribution is 2.28. The van der Waals surface area contributed by atoms with Crippen molar-refractivity contribution in [1.29, 1.82) is 0 Å². The standard InChI is InChI=1S/C24H28N4O5S/c1-27(15-18-7-4-3-5-8-18)34(30,31)23-13-19(10-11-22(23)32-2)24(29)26-20-14-25-28(16-20)17-21-9-6-12-33-21/h3-5,7-8,10-11,13-14,16,21H,6,9,12,15,17H2,1-2H3,(H,26,29). The van der Waals surface area contributed by atoms with Crippen molar-refractivity contribution in [3.8, 4) is 5.75 Å². The first-order chi connectivity index (χ1) is 16.4. The van der Waals surface area contributed by atoms with Crippen LogP contribution in [0.25, 0.3) is 0 Å². The number of amides is 1. The van der Waals surface area contributed by atoms with Crippen LogP contribution >= 0.6 is 0 Å². The van der Waals surface area contributed by atoms with Gasteiger partial charge in [-0.2, -0.15) is 9.40 Å². The van der Waals surface area contributed by atoms with Crippen LogP contribution in [0.4, 0.5) is 5.69 Å². The molecule has 0 saturated carbocycles. The van der Waals surface area contributed by atoms with Crippen molar-refractivity contribution in [2.45, 2.75) is 36.9 Å². The third-order valence-electron chi connectivity index (χ3n) is 5.67. The number of nitrogens with zero attached hydrogens (tertiary/aromatic N) is 3. The number of carbonyl (C=O) groups excluding carboxylic acids is 1. The van der Waals surface area contributed by atoms with Crippen LogP contribution in [0.3, 0.4) is 0 Å². The fourth-order valence-corrected chi connectivity index (χ4v) is 5.18. The lowest BCUT2D eigenvalue weighted by Gasteiger charge is -2.19. The Balaban J connectivity index is 1.51. The van der Waals surface area contributed by atoms with Crippen molar-refractivity contribution < 1.29 is 22.7 Å². The SMILES string of the molecule is COc1ccc(C(=O)Nc2cnn(CC3CCCO3)c2)cc1S(=O)(=O)N(C)Cc1ccccc1. The van der Waals surface area contributed by atoms with Crippen LogP contribution in [0.5, 0.6) is 5.75 Å². The summed E-state index contributed by atoms with van der Waals surface area (Å²) in [5, 5.41) is 7.05. The van der Waals surface area contributed by atoms with Crippen molar-refractivity contribution >= 4 is 21.6 Å². The molecule has 180 valence electrons. The van der Waals surface area contributed by atoms with E-state index in [1.54, 1.807) is 17.1 Å². The zero-order valence-electron chi connectivity index (χ0n) is 19.2.